The molecule has 0 aromatic heterocycles. The first-order valence-corrected chi connectivity index (χ1v) is 4.75. The van der Waals surface area contributed by atoms with Crippen molar-refractivity contribution in [3.63, 3.8) is 0 Å². The Morgan fingerprint density at radius 1 is 1.36 bits per heavy atom. The molecule has 0 atom stereocenters. The van der Waals surface area contributed by atoms with Crippen LogP contribution in [-0.4, -0.2) is 43.9 Å². The minimum Gasteiger partial charge on any atom is -0.437 e. The van der Waals surface area contributed by atoms with E-state index in [4.69, 9.17) is 5.73 Å². The molecule has 4 heteroatoms. The molecule has 80 valence electrons. The van der Waals surface area contributed by atoms with Gasteiger partial charge in [-0.05, 0) is 19.8 Å². The third kappa shape index (κ3) is 5.44. The molecule has 0 radical (unpaired) electrons. The van der Waals surface area contributed by atoms with Crippen LogP contribution in [0.1, 0.15) is 13.8 Å². The zero-order valence-electron chi connectivity index (χ0n) is 9.17. The third-order valence-corrected chi connectivity index (χ3v) is 2.40. The fraction of sp³-hybridized carbons (Fsp3) is 0.700. The van der Waals surface area contributed by atoms with Gasteiger partial charge in [-0.3, -0.25) is 0 Å². The van der Waals surface area contributed by atoms with Crippen molar-refractivity contribution in [1.29, 1.82) is 0 Å². The van der Waals surface area contributed by atoms with Gasteiger partial charge in [-0.2, -0.15) is 0 Å². The maximum absolute atomic E-state index is 10.2. The molecular formula is C10H19N2O2+. The van der Waals surface area contributed by atoms with Crippen molar-refractivity contribution >= 4 is 6.09 Å². The van der Waals surface area contributed by atoms with Gasteiger partial charge in [-0.25, -0.2) is 4.79 Å². The number of quaternary nitrogens is 1. The van der Waals surface area contributed by atoms with Gasteiger partial charge >= 0.3 is 6.09 Å². The van der Waals surface area contributed by atoms with Crippen LogP contribution in [0, 0.1) is 11.8 Å². The third-order valence-electron chi connectivity index (χ3n) is 2.40. The first-order valence-electron chi connectivity index (χ1n) is 4.75. The van der Waals surface area contributed by atoms with Crippen LogP contribution >= 0.6 is 0 Å². The van der Waals surface area contributed by atoms with Gasteiger partial charge < -0.3 is 15.0 Å². The number of amides is 1. The first-order chi connectivity index (χ1) is 6.54. The number of carbonyl (C=O) groups is 1. The van der Waals surface area contributed by atoms with E-state index < -0.39 is 6.09 Å². The van der Waals surface area contributed by atoms with Gasteiger partial charge in [-0.15, -0.1) is 0 Å². The molecule has 4 nitrogen and oxygen atoms in total. The van der Waals surface area contributed by atoms with Crippen LogP contribution in [0.4, 0.5) is 4.79 Å². The Morgan fingerprint density at radius 3 is 2.36 bits per heavy atom. The van der Waals surface area contributed by atoms with Crippen molar-refractivity contribution < 1.29 is 14.0 Å². The summed E-state index contributed by atoms with van der Waals surface area (Å²) in [4.78, 5) is 10.2. The highest BCUT2D eigenvalue weighted by atomic mass is 16.5. The van der Waals surface area contributed by atoms with E-state index in [-0.39, 0.29) is 6.61 Å². The van der Waals surface area contributed by atoms with E-state index in [0.29, 0.717) is 0 Å². The zero-order valence-corrected chi connectivity index (χ0v) is 9.17. The van der Waals surface area contributed by atoms with Crippen LogP contribution in [-0.2, 0) is 4.74 Å². The van der Waals surface area contributed by atoms with E-state index in [0.717, 1.165) is 24.1 Å². The van der Waals surface area contributed by atoms with Gasteiger partial charge in [0, 0.05) is 0 Å². The molecule has 0 heterocycles. The van der Waals surface area contributed by atoms with Crippen molar-refractivity contribution in [2.24, 2.45) is 5.73 Å². The summed E-state index contributed by atoms with van der Waals surface area (Å²) in [6.07, 6.45) is -0.775. The molecular weight excluding hydrogens is 180 g/mol. The monoisotopic (exact) mass is 199 g/mol. The van der Waals surface area contributed by atoms with E-state index in [1.807, 2.05) is 0 Å². The van der Waals surface area contributed by atoms with Crippen LogP contribution in [0.2, 0.25) is 0 Å². The lowest BCUT2D eigenvalue weighted by atomic mass is 10.4. The molecule has 0 spiro atoms. The molecule has 0 aromatic carbocycles. The van der Waals surface area contributed by atoms with Crippen LogP contribution < -0.4 is 5.73 Å². The molecule has 14 heavy (non-hydrogen) atoms. The number of hydrogen-bond donors (Lipinski definition) is 1. The van der Waals surface area contributed by atoms with Crippen molar-refractivity contribution in [2.75, 3.05) is 33.3 Å². The zero-order chi connectivity index (χ0) is 11.0. The highest BCUT2D eigenvalue weighted by molar-refractivity contribution is 5.64. The van der Waals surface area contributed by atoms with Crippen molar-refractivity contribution in [3.05, 3.63) is 0 Å². The average Bonchev–Trinajstić information content (AvgIpc) is 2.16. The summed E-state index contributed by atoms with van der Waals surface area (Å²) in [5.41, 5.74) is 4.78. The molecule has 0 unspecified atom stereocenters. The topological polar surface area (TPSA) is 52.3 Å². The Hall–Kier alpha value is -1.21. The Labute approximate surface area is 85.6 Å². The lowest BCUT2D eigenvalue weighted by Crippen LogP contribution is -2.43. The highest BCUT2D eigenvalue weighted by Crippen LogP contribution is 1.98. The second-order valence-corrected chi connectivity index (χ2v) is 3.37. The fourth-order valence-electron chi connectivity index (χ4n) is 0.852. The van der Waals surface area contributed by atoms with Crippen LogP contribution in [0.25, 0.3) is 0 Å². The quantitative estimate of drug-likeness (QED) is 0.531. The SMILES string of the molecule is CC[N+](C)(CC)CC#CCOC(N)=O. The number of nitrogens with zero attached hydrogens (tertiary/aromatic N) is 1. The van der Waals surface area contributed by atoms with Gasteiger partial charge in [0.15, 0.2) is 6.61 Å². The van der Waals surface area contributed by atoms with E-state index in [2.05, 4.69) is 37.5 Å². The Kier molecular flexibility index (Phi) is 5.73. The van der Waals surface area contributed by atoms with Crippen molar-refractivity contribution in [1.82, 2.24) is 0 Å². The number of primary amides is 1. The van der Waals surface area contributed by atoms with E-state index in [9.17, 15) is 4.79 Å². The molecule has 0 saturated carbocycles. The molecule has 0 aromatic rings. The summed E-state index contributed by atoms with van der Waals surface area (Å²) in [5, 5.41) is 0. The van der Waals surface area contributed by atoms with Gasteiger partial charge in [0.25, 0.3) is 0 Å². The maximum atomic E-state index is 10.2. The predicted molar refractivity (Wildman–Crippen MR) is 55.4 cm³/mol. The first kappa shape index (κ1) is 12.8. The predicted octanol–water partition coefficient (Wildman–Crippen LogP) is 0.572. The van der Waals surface area contributed by atoms with E-state index in [1.54, 1.807) is 0 Å². The summed E-state index contributed by atoms with van der Waals surface area (Å²) in [5.74, 6) is 5.72. The lowest BCUT2D eigenvalue weighted by molar-refractivity contribution is -0.899. The number of rotatable bonds is 4. The maximum Gasteiger partial charge on any atom is 0.405 e. The van der Waals surface area contributed by atoms with E-state index >= 15 is 0 Å². The number of carbonyl (C=O) groups excluding carboxylic acids is 1. The summed E-state index contributed by atoms with van der Waals surface area (Å²) in [6.45, 7) is 7.21. The summed E-state index contributed by atoms with van der Waals surface area (Å²) >= 11 is 0. The Balaban J connectivity index is 3.84. The van der Waals surface area contributed by atoms with Crippen LogP contribution in [0.15, 0.2) is 0 Å². The lowest BCUT2D eigenvalue weighted by Gasteiger charge is -2.29. The molecule has 0 fully saturated rings. The number of ether oxygens (including phenoxy) is 1. The molecule has 0 aliphatic rings. The Morgan fingerprint density at radius 2 is 1.93 bits per heavy atom. The molecule has 0 rings (SSSR count). The normalized spacial score (nSPS) is 10.2. The number of hydrogen-bond acceptors (Lipinski definition) is 2. The Bertz CT molecular complexity index is 236. The molecule has 0 bridgehead atoms. The standard InChI is InChI=1S/C10H18N2O2/c1-4-12(3,5-2)8-6-7-9-14-10(11)13/h4-5,8-9H2,1-3H3,(H-,11,13)/p+1. The summed E-state index contributed by atoms with van der Waals surface area (Å²) in [7, 11) is 2.14. The molecule has 0 aliphatic carbocycles. The van der Waals surface area contributed by atoms with Crippen molar-refractivity contribution in [2.45, 2.75) is 13.8 Å². The fourth-order valence-corrected chi connectivity index (χ4v) is 0.852. The largest absolute Gasteiger partial charge is 0.437 e. The molecule has 0 aliphatic heterocycles. The van der Waals surface area contributed by atoms with Gasteiger partial charge in [0.05, 0.1) is 20.1 Å². The second kappa shape index (κ2) is 6.28. The van der Waals surface area contributed by atoms with Gasteiger partial charge in [0.2, 0.25) is 0 Å². The summed E-state index contributed by atoms with van der Waals surface area (Å²) < 4.78 is 5.39. The molecule has 0 saturated heterocycles. The molecule has 2 N–H and O–H groups in total. The van der Waals surface area contributed by atoms with Crippen molar-refractivity contribution in [3.8, 4) is 11.8 Å². The van der Waals surface area contributed by atoms with Crippen LogP contribution in [0.3, 0.4) is 0 Å². The summed E-state index contributed by atoms with van der Waals surface area (Å²) in [6, 6.07) is 0. The van der Waals surface area contributed by atoms with E-state index in [1.165, 1.54) is 0 Å². The highest BCUT2D eigenvalue weighted by Gasteiger charge is 2.13. The van der Waals surface area contributed by atoms with Gasteiger partial charge in [0.1, 0.15) is 6.54 Å². The minimum absolute atomic E-state index is 0.0861. The minimum atomic E-state index is -0.775. The van der Waals surface area contributed by atoms with Crippen LogP contribution in [0.5, 0.6) is 0 Å². The molecule has 1 amide bonds. The van der Waals surface area contributed by atoms with Gasteiger partial charge in [-0.1, -0.05) is 5.92 Å². The average molecular weight is 199 g/mol. The smallest absolute Gasteiger partial charge is 0.405 e. The number of nitrogens with two attached hydrogens (primary N) is 1. The second-order valence-electron chi connectivity index (χ2n) is 3.37.